The average Bonchev–Trinajstić information content (AvgIpc) is 2.66. The fourth-order valence-electron chi connectivity index (χ4n) is 2.74. The zero-order valence-electron chi connectivity index (χ0n) is 16.1. The van der Waals surface area contributed by atoms with Crippen molar-refractivity contribution in [3.05, 3.63) is 59.1 Å². The first-order chi connectivity index (χ1) is 14.0. The lowest BCUT2D eigenvalue weighted by Crippen LogP contribution is -2.51. The van der Waals surface area contributed by atoms with Gasteiger partial charge in [0.25, 0.3) is 5.91 Å². The SMILES string of the molecule is C=C(/C=C(/OC(F)(F)F)C(=C)Br)NC(=O)c1ccc(N2CCN(C=O)C(C)C2)nc1. The van der Waals surface area contributed by atoms with Gasteiger partial charge in [0.1, 0.15) is 11.6 Å². The second-order valence-electron chi connectivity index (χ2n) is 6.48. The number of hydrogen-bond donors (Lipinski definition) is 1. The zero-order valence-corrected chi connectivity index (χ0v) is 17.7. The van der Waals surface area contributed by atoms with Gasteiger partial charge in [0.2, 0.25) is 6.41 Å². The molecule has 0 bridgehead atoms. The van der Waals surface area contributed by atoms with Crippen LogP contribution in [0.4, 0.5) is 19.0 Å². The van der Waals surface area contributed by atoms with Gasteiger partial charge in [0.15, 0.2) is 0 Å². The third-order valence-corrected chi connectivity index (χ3v) is 4.61. The van der Waals surface area contributed by atoms with Crippen LogP contribution in [0.2, 0.25) is 0 Å². The van der Waals surface area contributed by atoms with E-state index in [-0.39, 0.29) is 21.8 Å². The summed E-state index contributed by atoms with van der Waals surface area (Å²) >= 11 is 2.81. The topological polar surface area (TPSA) is 74.8 Å². The third kappa shape index (κ3) is 6.61. The van der Waals surface area contributed by atoms with E-state index in [4.69, 9.17) is 0 Å². The monoisotopic (exact) mass is 488 g/mol. The van der Waals surface area contributed by atoms with E-state index in [9.17, 15) is 22.8 Å². The maximum Gasteiger partial charge on any atom is 0.573 e. The van der Waals surface area contributed by atoms with Crippen molar-refractivity contribution in [1.29, 1.82) is 0 Å². The minimum absolute atomic E-state index is 0.0356. The number of pyridine rings is 1. The van der Waals surface area contributed by atoms with Gasteiger partial charge in [-0.1, -0.05) is 13.2 Å². The summed E-state index contributed by atoms with van der Waals surface area (Å²) < 4.78 is 40.9. The summed E-state index contributed by atoms with van der Waals surface area (Å²) in [7, 11) is 0. The van der Waals surface area contributed by atoms with Crippen LogP contribution in [-0.2, 0) is 9.53 Å². The second kappa shape index (κ2) is 9.79. The summed E-state index contributed by atoms with van der Waals surface area (Å²) in [6.45, 7) is 10.6. The summed E-state index contributed by atoms with van der Waals surface area (Å²) in [4.78, 5) is 31.2. The van der Waals surface area contributed by atoms with E-state index in [1.807, 2.05) is 11.8 Å². The Balaban J connectivity index is 2.02. The Labute approximate surface area is 180 Å². The fraction of sp³-hybridized carbons (Fsp3) is 0.316. The second-order valence-corrected chi connectivity index (χ2v) is 7.44. The summed E-state index contributed by atoms with van der Waals surface area (Å²) in [5.41, 5.74) is 0.0755. The molecular formula is C19H20BrF3N4O3. The number of alkyl halides is 3. The molecule has 0 aromatic carbocycles. The molecule has 1 saturated heterocycles. The first kappa shape index (κ1) is 23.5. The van der Waals surface area contributed by atoms with Crippen molar-refractivity contribution in [2.75, 3.05) is 24.5 Å². The fourth-order valence-corrected chi connectivity index (χ4v) is 2.94. The minimum atomic E-state index is -4.92. The highest BCUT2D eigenvalue weighted by molar-refractivity contribution is 9.11. The zero-order chi connectivity index (χ0) is 22.5. The number of allylic oxidation sites excluding steroid dienone is 2. The van der Waals surface area contributed by atoms with Crippen molar-refractivity contribution in [3.63, 3.8) is 0 Å². The molecule has 2 amide bonds. The summed E-state index contributed by atoms with van der Waals surface area (Å²) in [5.74, 6) is -0.579. The van der Waals surface area contributed by atoms with Crippen molar-refractivity contribution >= 4 is 34.1 Å². The lowest BCUT2D eigenvalue weighted by Gasteiger charge is -2.38. The van der Waals surface area contributed by atoms with Crippen LogP contribution in [0.1, 0.15) is 17.3 Å². The quantitative estimate of drug-likeness (QED) is 0.362. The number of nitrogens with zero attached hydrogens (tertiary/aromatic N) is 3. The Hall–Kier alpha value is -2.82. The molecule has 30 heavy (non-hydrogen) atoms. The van der Waals surface area contributed by atoms with E-state index in [2.05, 4.69) is 44.1 Å². The number of nitrogens with one attached hydrogen (secondary N) is 1. The van der Waals surface area contributed by atoms with Gasteiger partial charge >= 0.3 is 6.36 Å². The molecule has 1 atom stereocenters. The summed E-state index contributed by atoms with van der Waals surface area (Å²) in [5, 5.41) is 2.37. The molecule has 1 unspecified atom stereocenters. The molecule has 1 aromatic rings. The molecule has 0 radical (unpaired) electrons. The molecule has 0 aliphatic carbocycles. The normalized spacial score (nSPS) is 17.4. The van der Waals surface area contributed by atoms with E-state index in [0.29, 0.717) is 25.5 Å². The number of aromatic nitrogens is 1. The number of hydrogen-bond acceptors (Lipinski definition) is 5. The van der Waals surface area contributed by atoms with Crippen LogP contribution in [0.5, 0.6) is 0 Å². The molecule has 11 heteroatoms. The molecular weight excluding hydrogens is 469 g/mol. The number of ether oxygens (including phenoxy) is 1. The Morgan fingerprint density at radius 3 is 2.57 bits per heavy atom. The molecule has 2 heterocycles. The van der Waals surface area contributed by atoms with Crippen molar-refractivity contribution in [2.45, 2.75) is 19.3 Å². The molecule has 1 aliphatic heterocycles. The molecule has 1 N–H and O–H groups in total. The minimum Gasteiger partial charge on any atom is -0.405 e. The lowest BCUT2D eigenvalue weighted by molar-refractivity contribution is -0.303. The van der Waals surface area contributed by atoms with E-state index in [1.165, 1.54) is 6.20 Å². The number of anilines is 1. The Morgan fingerprint density at radius 2 is 2.07 bits per heavy atom. The highest BCUT2D eigenvalue weighted by atomic mass is 79.9. The molecule has 0 spiro atoms. The van der Waals surface area contributed by atoms with Gasteiger partial charge in [0.05, 0.1) is 10.0 Å². The van der Waals surface area contributed by atoms with Crippen LogP contribution in [0.15, 0.2) is 53.5 Å². The maximum absolute atomic E-state index is 12.4. The van der Waals surface area contributed by atoms with Crippen LogP contribution in [0, 0.1) is 0 Å². The number of piperazine rings is 1. The van der Waals surface area contributed by atoms with E-state index in [1.54, 1.807) is 17.0 Å². The van der Waals surface area contributed by atoms with Crippen LogP contribution in [0.3, 0.4) is 0 Å². The molecule has 1 aliphatic rings. The lowest BCUT2D eigenvalue weighted by atomic mass is 10.2. The van der Waals surface area contributed by atoms with Gasteiger partial charge in [-0.15, -0.1) is 13.2 Å². The van der Waals surface area contributed by atoms with Gasteiger partial charge in [-0.25, -0.2) is 4.98 Å². The van der Waals surface area contributed by atoms with Crippen LogP contribution >= 0.6 is 15.9 Å². The number of halogens is 4. The predicted octanol–water partition coefficient (Wildman–Crippen LogP) is 3.32. The molecule has 162 valence electrons. The standard InChI is InChI=1S/C19H20BrF3N4O3/c1-12(8-16(14(3)20)30-19(21,22)23)25-18(29)15-4-5-17(24-9-15)26-6-7-27(11-28)13(2)10-26/h4-5,8-9,11,13H,1,3,6-7,10H2,2H3,(H,25,29)/b16-8+. The van der Waals surface area contributed by atoms with Gasteiger partial charge in [0, 0.05) is 43.6 Å². The van der Waals surface area contributed by atoms with Gasteiger partial charge < -0.3 is 19.9 Å². The predicted molar refractivity (Wildman–Crippen MR) is 109 cm³/mol. The van der Waals surface area contributed by atoms with Gasteiger partial charge in [-0.3, -0.25) is 9.59 Å². The number of carbonyl (C=O) groups excluding carboxylic acids is 2. The van der Waals surface area contributed by atoms with Crippen molar-refractivity contribution in [1.82, 2.24) is 15.2 Å². The molecule has 0 saturated carbocycles. The first-order valence-electron chi connectivity index (χ1n) is 8.74. The highest BCUT2D eigenvalue weighted by Crippen LogP contribution is 2.27. The van der Waals surface area contributed by atoms with Crippen molar-refractivity contribution in [3.8, 4) is 0 Å². The molecule has 1 aromatic heterocycles. The van der Waals surface area contributed by atoms with Gasteiger partial charge in [-0.2, -0.15) is 0 Å². The van der Waals surface area contributed by atoms with Gasteiger partial charge in [-0.05, 0) is 35.0 Å². The Kier molecular flexibility index (Phi) is 7.65. The van der Waals surface area contributed by atoms with E-state index < -0.39 is 18.0 Å². The summed E-state index contributed by atoms with van der Waals surface area (Å²) in [6, 6.07) is 3.24. The van der Waals surface area contributed by atoms with Crippen LogP contribution < -0.4 is 10.2 Å². The van der Waals surface area contributed by atoms with E-state index in [0.717, 1.165) is 12.5 Å². The van der Waals surface area contributed by atoms with Crippen LogP contribution in [0.25, 0.3) is 0 Å². The molecule has 1 fully saturated rings. The van der Waals surface area contributed by atoms with Crippen molar-refractivity contribution in [2.24, 2.45) is 0 Å². The molecule has 2 rings (SSSR count). The maximum atomic E-state index is 12.4. The largest absolute Gasteiger partial charge is 0.573 e. The number of amides is 2. The summed E-state index contributed by atoms with van der Waals surface area (Å²) in [6.07, 6.45) is -1.84. The Bertz CT molecular complexity index is 856. The smallest absolute Gasteiger partial charge is 0.405 e. The van der Waals surface area contributed by atoms with E-state index >= 15 is 0 Å². The average molecular weight is 489 g/mol. The number of carbonyl (C=O) groups is 2. The van der Waals surface area contributed by atoms with Crippen molar-refractivity contribution < 1.29 is 27.5 Å². The molecule has 7 nitrogen and oxygen atoms in total. The number of rotatable bonds is 7. The van der Waals surface area contributed by atoms with Crippen LogP contribution in [-0.4, -0.2) is 54.2 Å². The first-order valence-corrected chi connectivity index (χ1v) is 9.54. The Morgan fingerprint density at radius 1 is 1.37 bits per heavy atom. The third-order valence-electron chi connectivity index (χ3n) is 4.22. The highest BCUT2D eigenvalue weighted by Gasteiger charge is 2.32.